The standard InChI is InChI=1S/C3H4O8P2.C2H6O/c4-1(5)3(7,13(10)11)2(6)12(8)9;1-2-3/h2,6-7H,(H,4,5);3H,2H2,1H3. The van der Waals surface area contributed by atoms with Gasteiger partial charge in [0.15, 0.2) is 0 Å². The SMILES string of the molecule is CCO.O=C(O)C(O)(C(O)P(=O)=O)P(=O)=O. The highest BCUT2D eigenvalue weighted by Gasteiger charge is 2.53. The van der Waals surface area contributed by atoms with Gasteiger partial charge >= 0.3 is 26.7 Å². The molecule has 0 amide bonds. The predicted octanol–water partition coefficient (Wildman–Crippen LogP) is -0.578. The lowest BCUT2D eigenvalue weighted by Gasteiger charge is -2.14. The van der Waals surface area contributed by atoms with Crippen LogP contribution in [0.4, 0.5) is 0 Å². The molecule has 4 N–H and O–H groups in total. The third-order valence-electron chi connectivity index (χ3n) is 1.15. The minimum Gasteiger partial charge on any atom is -0.478 e. The Hall–Kier alpha value is -0.850. The molecule has 0 rings (SSSR count). The van der Waals surface area contributed by atoms with E-state index in [4.69, 9.17) is 20.4 Å². The van der Waals surface area contributed by atoms with Crippen LogP contribution in [-0.4, -0.2) is 44.2 Å². The molecule has 0 saturated carbocycles. The summed E-state index contributed by atoms with van der Waals surface area (Å²) in [6.45, 7) is 1.93. The summed E-state index contributed by atoms with van der Waals surface area (Å²) in [6.07, 6.45) is 0. The highest BCUT2D eigenvalue weighted by atomic mass is 31.1. The second-order valence-electron chi connectivity index (χ2n) is 2.26. The Morgan fingerprint density at radius 3 is 1.69 bits per heavy atom. The van der Waals surface area contributed by atoms with E-state index in [9.17, 15) is 23.1 Å². The molecule has 0 aromatic rings. The van der Waals surface area contributed by atoms with Gasteiger partial charge in [0.05, 0.1) is 0 Å². The Bertz CT molecular complexity index is 354. The summed E-state index contributed by atoms with van der Waals surface area (Å²) >= 11 is 0. The number of aliphatic hydroxyl groups excluding tert-OH is 2. The fraction of sp³-hybridized carbons (Fsp3) is 0.800. The van der Waals surface area contributed by atoms with Crippen LogP contribution in [-0.2, 0) is 23.1 Å². The second kappa shape index (κ2) is 7.43. The second-order valence-corrected chi connectivity index (χ2v) is 4.52. The topological polar surface area (TPSA) is 166 Å². The molecule has 0 aliphatic carbocycles. The summed E-state index contributed by atoms with van der Waals surface area (Å²) in [5.41, 5.74) is 0. The molecule has 0 aliphatic rings. The van der Waals surface area contributed by atoms with E-state index in [0.717, 1.165) is 0 Å². The van der Waals surface area contributed by atoms with Crippen molar-refractivity contribution < 1.29 is 43.5 Å². The van der Waals surface area contributed by atoms with Crippen molar-refractivity contribution in [3.05, 3.63) is 0 Å². The van der Waals surface area contributed by atoms with Gasteiger partial charge in [0.2, 0.25) is 5.85 Å². The number of rotatable bonds is 4. The molecule has 0 aliphatic heterocycles. The lowest BCUT2D eigenvalue weighted by Crippen LogP contribution is -2.42. The van der Waals surface area contributed by atoms with Gasteiger partial charge in [0, 0.05) is 6.61 Å². The third kappa shape index (κ3) is 4.34. The minimum atomic E-state index is -4.04. The molecule has 0 fully saturated rings. The Morgan fingerprint density at radius 1 is 1.31 bits per heavy atom. The molecular formula is C5H10O9P2. The van der Waals surface area contributed by atoms with E-state index in [1.807, 2.05) is 0 Å². The Balaban J connectivity index is 0. The number of hydrogen-bond donors (Lipinski definition) is 4. The van der Waals surface area contributed by atoms with Crippen LogP contribution in [0.2, 0.25) is 0 Å². The summed E-state index contributed by atoms with van der Waals surface area (Å²) in [7, 11) is -7.81. The van der Waals surface area contributed by atoms with Gasteiger partial charge in [-0.15, -0.1) is 0 Å². The summed E-state index contributed by atoms with van der Waals surface area (Å²) in [5.74, 6) is -5.24. The molecule has 0 aromatic carbocycles. The first-order chi connectivity index (χ1) is 7.16. The predicted molar refractivity (Wildman–Crippen MR) is 47.9 cm³/mol. The maximum absolute atomic E-state index is 10.2. The van der Waals surface area contributed by atoms with Crippen LogP contribution < -0.4 is 0 Å². The van der Waals surface area contributed by atoms with Crippen LogP contribution in [0.5, 0.6) is 0 Å². The van der Waals surface area contributed by atoms with Gasteiger partial charge < -0.3 is 20.4 Å². The number of aliphatic carboxylic acids is 1. The molecule has 0 aromatic heterocycles. The molecule has 94 valence electrons. The zero-order valence-corrected chi connectivity index (χ0v) is 9.80. The molecular weight excluding hydrogens is 266 g/mol. The zero-order chi connectivity index (χ0) is 13.5. The van der Waals surface area contributed by atoms with Crippen molar-refractivity contribution in [2.24, 2.45) is 0 Å². The lowest BCUT2D eigenvalue weighted by atomic mass is 10.4. The van der Waals surface area contributed by atoms with E-state index >= 15 is 0 Å². The molecule has 0 heterocycles. The Labute approximate surface area is 90.4 Å². The van der Waals surface area contributed by atoms with Crippen molar-refractivity contribution in [3.8, 4) is 0 Å². The maximum Gasteiger partial charge on any atom is 0.363 e. The molecule has 9 nitrogen and oxygen atoms in total. The van der Waals surface area contributed by atoms with Crippen LogP contribution in [0.3, 0.4) is 0 Å². The maximum atomic E-state index is 10.2. The van der Waals surface area contributed by atoms with Gasteiger partial charge in [-0.05, 0) is 6.92 Å². The van der Waals surface area contributed by atoms with Crippen molar-refractivity contribution in [1.29, 1.82) is 0 Å². The van der Waals surface area contributed by atoms with E-state index in [1.54, 1.807) is 6.92 Å². The first-order valence-corrected chi connectivity index (χ1v) is 6.11. The molecule has 2 atom stereocenters. The average molecular weight is 276 g/mol. The molecule has 2 unspecified atom stereocenters. The summed E-state index contributed by atoms with van der Waals surface area (Å²) in [4.78, 5) is 10.1. The van der Waals surface area contributed by atoms with Crippen molar-refractivity contribution in [3.63, 3.8) is 0 Å². The van der Waals surface area contributed by atoms with Gasteiger partial charge in [-0.25, -0.2) is 23.1 Å². The molecule has 0 radical (unpaired) electrons. The molecule has 16 heavy (non-hydrogen) atoms. The van der Waals surface area contributed by atoms with Gasteiger partial charge in [0.1, 0.15) is 0 Å². The van der Waals surface area contributed by atoms with E-state index in [-0.39, 0.29) is 6.61 Å². The fourth-order valence-corrected chi connectivity index (χ4v) is 1.74. The van der Waals surface area contributed by atoms with Crippen molar-refractivity contribution >= 4 is 21.3 Å². The van der Waals surface area contributed by atoms with Gasteiger partial charge in [-0.2, -0.15) is 0 Å². The van der Waals surface area contributed by atoms with Gasteiger partial charge in [0.25, 0.3) is 0 Å². The van der Waals surface area contributed by atoms with E-state index in [0.29, 0.717) is 0 Å². The number of hydrogen-bond acceptors (Lipinski definition) is 8. The normalized spacial score (nSPS) is 15.0. The largest absolute Gasteiger partial charge is 0.478 e. The first-order valence-electron chi connectivity index (χ1n) is 3.68. The number of carboxylic acids is 1. The zero-order valence-electron chi connectivity index (χ0n) is 8.01. The van der Waals surface area contributed by atoms with E-state index in [1.165, 1.54) is 0 Å². The Morgan fingerprint density at radius 2 is 1.62 bits per heavy atom. The van der Waals surface area contributed by atoms with Crippen LogP contribution in [0.25, 0.3) is 0 Å². The quantitative estimate of drug-likeness (QED) is 0.491. The summed E-state index contributed by atoms with van der Waals surface area (Å²) < 4.78 is 40.5. The molecule has 0 bridgehead atoms. The van der Waals surface area contributed by atoms with Crippen LogP contribution >= 0.6 is 15.4 Å². The van der Waals surface area contributed by atoms with E-state index in [2.05, 4.69) is 0 Å². The number of carbonyl (C=O) groups is 1. The molecule has 11 heteroatoms. The van der Waals surface area contributed by atoms with E-state index < -0.39 is 32.5 Å². The average Bonchev–Trinajstić information content (AvgIpc) is 2.15. The highest BCUT2D eigenvalue weighted by molar-refractivity contribution is 7.38. The number of aliphatic hydroxyl groups is 3. The monoisotopic (exact) mass is 276 g/mol. The molecule has 0 saturated heterocycles. The molecule has 0 spiro atoms. The minimum absolute atomic E-state index is 0.250. The summed E-state index contributed by atoms with van der Waals surface area (Å²) in [6, 6.07) is 0. The smallest absolute Gasteiger partial charge is 0.363 e. The highest BCUT2D eigenvalue weighted by Crippen LogP contribution is 2.36. The lowest BCUT2D eigenvalue weighted by molar-refractivity contribution is -0.154. The Kier molecular flexibility index (Phi) is 8.14. The van der Waals surface area contributed by atoms with Crippen molar-refractivity contribution in [1.82, 2.24) is 0 Å². The van der Waals surface area contributed by atoms with Crippen molar-refractivity contribution in [2.75, 3.05) is 6.61 Å². The summed E-state index contributed by atoms with van der Waals surface area (Å²) in [5, 5.41) is 29.4. The first kappa shape index (κ1) is 17.5. The van der Waals surface area contributed by atoms with Crippen molar-refractivity contribution in [2.45, 2.75) is 18.1 Å². The third-order valence-corrected chi connectivity index (χ3v) is 3.12. The fourth-order valence-electron chi connectivity index (χ4n) is 0.430. The van der Waals surface area contributed by atoms with Crippen LogP contribution in [0, 0.1) is 0 Å². The van der Waals surface area contributed by atoms with Gasteiger partial charge in [-0.3, -0.25) is 0 Å². The van der Waals surface area contributed by atoms with Crippen LogP contribution in [0.1, 0.15) is 6.92 Å². The number of carboxylic acid groups (broad SMARTS) is 1. The van der Waals surface area contributed by atoms with Gasteiger partial charge in [-0.1, -0.05) is 0 Å². The van der Waals surface area contributed by atoms with Crippen LogP contribution in [0.15, 0.2) is 0 Å².